The molecular formula is C16H22N2O5. The Labute approximate surface area is 135 Å². The summed E-state index contributed by atoms with van der Waals surface area (Å²) in [7, 11) is 0. The number of alkyl carbamates (subject to hydrolysis) is 1. The fourth-order valence-corrected chi connectivity index (χ4v) is 1.85. The minimum atomic E-state index is -1.47. The van der Waals surface area contributed by atoms with Gasteiger partial charge in [0.2, 0.25) is 0 Å². The number of unbranched alkanes of at least 4 members (excludes halogenated alkanes) is 3. The lowest BCUT2D eigenvalue weighted by Crippen LogP contribution is -2.31. The summed E-state index contributed by atoms with van der Waals surface area (Å²) in [6, 6.07) is 9.44. The van der Waals surface area contributed by atoms with Crippen molar-refractivity contribution in [3.8, 4) is 0 Å². The fraction of sp³-hybridized carbons (Fsp3) is 0.438. The lowest BCUT2D eigenvalue weighted by molar-refractivity contribution is -0.150. The largest absolute Gasteiger partial charge is 0.474 e. The molecule has 0 radical (unpaired) electrons. The molecule has 126 valence electrons. The number of carboxylic acid groups (broad SMARTS) is 1. The first kappa shape index (κ1) is 18.5. The number of amides is 2. The summed E-state index contributed by atoms with van der Waals surface area (Å²) in [6.45, 7) is 1.11. The summed E-state index contributed by atoms with van der Waals surface area (Å²) >= 11 is 0. The summed E-state index contributed by atoms with van der Waals surface area (Å²) in [4.78, 5) is 32.4. The van der Waals surface area contributed by atoms with E-state index in [2.05, 4.69) is 10.6 Å². The molecule has 0 aliphatic carbocycles. The van der Waals surface area contributed by atoms with Gasteiger partial charge in [0, 0.05) is 13.1 Å². The molecule has 0 saturated heterocycles. The highest BCUT2D eigenvalue weighted by Gasteiger charge is 2.08. The second-order valence-corrected chi connectivity index (χ2v) is 4.96. The number of ether oxygens (including phenoxy) is 1. The normalized spacial score (nSPS) is 9.91. The van der Waals surface area contributed by atoms with Crippen LogP contribution in [0, 0.1) is 0 Å². The van der Waals surface area contributed by atoms with Gasteiger partial charge >= 0.3 is 18.0 Å². The second-order valence-electron chi connectivity index (χ2n) is 4.96. The van der Waals surface area contributed by atoms with Gasteiger partial charge in [0.1, 0.15) is 6.61 Å². The Hall–Kier alpha value is -2.57. The Morgan fingerprint density at radius 1 is 0.913 bits per heavy atom. The zero-order chi connectivity index (χ0) is 16.9. The summed E-state index contributed by atoms with van der Waals surface area (Å²) in [5.41, 5.74) is 0.936. The van der Waals surface area contributed by atoms with Crippen LogP contribution < -0.4 is 10.6 Å². The van der Waals surface area contributed by atoms with Crippen molar-refractivity contribution in [2.24, 2.45) is 0 Å². The molecule has 0 unspecified atom stereocenters. The first-order chi connectivity index (χ1) is 11.1. The minimum absolute atomic E-state index is 0.246. The molecule has 3 N–H and O–H groups in total. The Balaban J connectivity index is 1.93. The predicted octanol–water partition coefficient (Wildman–Crippen LogP) is 1.67. The van der Waals surface area contributed by atoms with Crippen LogP contribution in [0.15, 0.2) is 30.3 Å². The number of nitrogens with one attached hydrogen (secondary N) is 2. The highest BCUT2D eigenvalue weighted by Crippen LogP contribution is 2.01. The number of hydrogen-bond acceptors (Lipinski definition) is 4. The number of hydrogen-bond donors (Lipinski definition) is 3. The van der Waals surface area contributed by atoms with E-state index in [9.17, 15) is 14.4 Å². The number of aliphatic carboxylic acids is 1. The minimum Gasteiger partial charge on any atom is -0.474 e. The molecule has 0 aromatic heterocycles. The SMILES string of the molecule is O=C(NCCCCCCNC(=O)C(=O)O)OCc1ccccc1. The summed E-state index contributed by atoms with van der Waals surface area (Å²) in [6.07, 6.45) is 2.79. The molecule has 0 fully saturated rings. The molecule has 2 amide bonds. The van der Waals surface area contributed by atoms with Gasteiger partial charge in [-0.05, 0) is 18.4 Å². The van der Waals surface area contributed by atoms with Crippen molar-refractivity contribution in [2.45, 2.75) is 32.3 Å². The van der Waals surface area contributed by atoms with Crippen LogP contribution in [-0.4, -0.2) is 36.2 Å². The fourth-order valence-electron chi connectivity index (χ4n) is 1.85. The molecule has 7 heteroatoms. The molecule has 0 atom stereocenters. The maximum absolute atomic E-state index is 11.5. The van der Waals surface area contributed by atoms with E-state index >= 15 is 0 Å². The summed E-state index contributed by atoms with van der Waals surface area (Å²) < 4.78 is 5.07. The summed E-state index contributed by atoms with van der Waals surface area (Å²) in [5, 5.41) is 13.3. The third-order valence-corrected chi connectivity index (χ3v) is 3.07. The topological polar surface area (TPSA) is 105 Å². The monoisotopic (exact) mass is 322 g/mol. The highest BCUT2D eigenvalue weighted by atomic mass is 16.5. The van der Waals surface area contributed by atoms with Gasteiger partial charge < -0.3 is 20.5 Å². The Bertz CT molecular complexity index is 504. The van der Waals surface area contributed by atoms with Gasteiger partial charge in [0.25, 0.3) is 0 Å². The third-order valence-electron chi connectivity index (χ3n) is 3.07. The van der Waals surface area contributed by atoms with E-state index in [1.54, 1.807) is 0 Å². The third kappa shape index (κ3) is 9.13. The first-order valence-corrected chi connectivity index (χ1v) is 7.55. The van der Waals surface area contributed by atoms with Gasteiger partial charge in [0.15, 0.2) is 0 Å². The van der Waals surface area contributed by atoms with Crippen molar-refractivity contribution in [2.75, 3.05) is 13.1 Å². The smallest absolute Gasteiger partial charge is 0.407 e. The quantitative estimate of drug-likeness (QED) is 0.474. The van der Waals surface area contributed by atoms with E-state index < -0.39 is 18.0 Å². The van der Waals surface area contributed by atoms with E-state index in [1.165, 1.54) is 0 Å². The van der Waals surface area contributed by atoms with Crippen LogP contribution in [-0.2, 0) is 20.9 Å². The molecule has 23 heavy (non-hydrogen) atoms. The average molecular weight is 322 g/mol. The van der Waals surface area contributed by atoms with Gasteiger partial charge in [-0.2, -0.15) is 0 Å². The number of carbonyl (C=O) groups excluding carboxylic acids is 2. The molecule has 1 aromatic rings. The van der Waals surface area contributed by atoms with Crippen LogP contribution in [0.25, 0.3) is 0 Å². The van der Waals surface area contributed by atoms with Crippen LogP contribution in [0.5, 0.6) is 0 Å². The molecule has 0 aliphatic heterocycles. The predicted molar refractivity (Wildman–Crippen MR) is 83.7 cm³/mol. The van der Waals surface area contributed by atoms with Crippen LogP contribution >= 0.6 is 0 Å². The van der Waals surface area contributed by atoms with Crippen molar-refractivity contribution in [1.82, 2.24) is 10.6 Å². The van der Waals surface area contributed by atoms with Gasteiger partial charge in [-0.3, -0.25) is 4.79 Å². The Morgan fingerprint density at radius 3 is 2.13 bits per heavy atom. The molecule has 0 spiro atoms. The van der Waals surface area contributed by atoms with Crippen LogP contribution in [0.2, 0.25) is 0 Å². The molecule has 1 rings (SSSR count). The van der Waals surface area contributed by atoms with Gasteiger partial charge in [-0.25, -0.2) is 9.59 Å². The average Bonchev–Trinajstić information content (AvgIpc) is 2.56. The Kier molecular flexibility index (Phi) is 8.88. The van der Waals surface area contributed by atoms with Gasteiger partial charge in [-0.1, -0.05) is 43.2 Å². The van der Waals surface area contributed by atoms with Gasteiger partial charge in [0.05, 0.1) is 0 Å². The van der Waals surface area contributed by atoms with E-state index in [4.69, 9.17) is 9.84 Å². The van der Waals surface area contributed by atoms with Crippen molar-refractivity contribution < 1.29 is 24.2 Å². The lowest BCUT2D eigenvalue weighted by Gasteiger charge is -2.07. The van der Waals surface area contributed by atoms with E-state index in [-0.39, 0.29) is 6.61 Å². The first-order valence-electron chi connectivity index (χ1n) is 7.55. The molecule has 0 saturated carbocycles. The molecule has 0 heterocycles. The van der Waals surface area contributed by atoms with Crippen molar-refractivity contribution >= 4 is 18.0 Å². The van der Waals surface area contributed by atoms with Crippen LogP contribution in [0.3, 0.4) is 0 Å². The van der Waals surface area contributed by atoms with Gasteiger partial charge in [-0.15, -0.1) is 0 Å². The van der Waals surface area contributed by atoms with Crippen LogP contribution in [0.4, 0.5) is 4.79 Å². The number of carboxylic acids is 1. The van der Waals surface area contributed by atoms with Crippen LogP contribution in [0.1, 0.15) is 31.2 Å². The molecule has 0 bridgehead atoms. The second kappa shape index (κ2) is 11.1. The summed E-state index contributed by atoms with van der Waals surface area (Å²) in [5.74, 6) is -2.45. The maximum atomic E-state index is 11.5. The van der Waals surface area contributed by atoms with Crippen molar-refractivity contribution in [3.05, 3.63) is 35.9 Å². The standard InChI is InChI=1S/C16H22N2O5/c19-14(15(20)21)17-10-6-1-2-7-11-18-16(22)23-12-13-8-4-3-5-9-13/h3-5,8-9H,1-2,6-7,10-12H2,(H,17,19)(H,18,22)(H,20,21). The molecule has 0 aliphatic rings. The maximum Gasteiger partial charge on any atom is 0.407 e. The highest BCUT2D eigenvalue weighted by molar-refractivity contribution is 6.31. The number of rotatable bonds is 9. The Morgan fingerprint density at radius 2 is 1.52 bits per heavy atom. The lowest BCUT2D eigenvalue weighted by atomic mass is 10.2. The molecule has 1 aromatic carbocycles. The molecule has 7 nitrogen and oxygen atoms in total. The number of benzene rings is 1. The zero-order valence-electron chi connectivity index (χ0n) is 12.9. The van der Waals surface area contributed by atoms with Crippen molar-refractivity contribution in [3.63, 3.8) is 0 Å². The van der Waals surface area contributed by atoms with E-state index in [0.29, 0.717) is 19.5 Å². The number of carbonyl (C=O) groups is 3. The zero-order valence-corrected chi connectivity index (χ0v) is 12.9. The van der Waals surface area contributed by atoms with E-state index in [1.807, 2.05) is 30.3 Å². The van der Waals surface area contributed by atoms with Crippen molar-refractivity contribution in [1.29, 1.82) is 0 Å². The molecular weight excluding hydrogens is 300 g/mol. The van der Waals surface area contributed by atoms with E-state index in [0.717, 1.165) is 24.8 Å².